The van der Waals surface area contributed by atoms with Gasteiger partial charge in [-0.05, 0) is 349 Å². The Labute approximate surface area is 786 Å². The molecule has 0 radical (unpaired) electrons. The van der Waals surface area contributed by atoms with Gasteiger partial charge >= 0.3 is 0 Å². The van der Waals surface area contributed by atoms with Crippen molar-refractivity contribution in [3.05, 3.63) is 94.6 Å². The number of terminal acetylenes is 4. The first-order chi connectivity index (χ1) is 60.8. The topological polar surface area (TPSA) is 0 Å². The Morgan fingerprint density at radius 3 is 1.02 bits per heavy atom. The summed E-state index contributed by atoms with van der Waals surface area (Å²) < 4.78 is 0. The molecule has 0 saturated carbocycles. The quantitative estimate of drug-likeness (QED) is 0.0391. The van der Waals surface area contributed by atoms with Gasteiger partial charge in [-0.15, -0.1) is 48.0 Å². The first-order valence-corrected chi connectivity index (χ1v) is 44.2. The van der Waals surface area contributed by atoms with E-state index in [0.717, 1.165) is 81.8 Å². The maximum atomic E-state index is 6.85. The fraction of sp³-hybridized carbons (Fsp3) is 0.137. The van der Waals surface area contributed by atoms with Crippen LogP contribution < -0.4 is 38.2 Å². The van der Waals surface area contributed by atoms with Gasteiger partial charge in [0.1, 0.15) is 21.5 Å². The lowest BCUT2D eigenvalue weighted by molar-refractivity contribution is 1.24. The van der Waals surface area contributed by atoms with Crippen LogP contribution in [0, 0.1) is 325 Å². The number of rotatable bonds is 16. The molecule has 127 heavy (non-hydrogen) atoms. The van der Waals surface area contributed by atoms with Gasteiger partial charge in [-0.2, -0.15) is 0 Å². The van der Waals surface area contributed by atoms with Gasteiger partial charge in [0.2, 0.25) is 0 Å². The highest BCUT2D eigenvalue weighted by molar-refractivity contribution is 7.89. The van der Waals surface area contributed by atoms with E-state index in [-0.39, 0.29) is 45.2 Å². The molecule has 8 aromatic carbocycles. The van der Waals surface area contributed by atoms with Crippen LogP contribution in [0.15, 0.2) is 0 Å². The first kappa shape index (κ1) is 99.9. The molecule has 0 amide bonds. The fourth-order valence-corrected chi connectivity index (χ4v) is 19.6. The van der Waals surface area contributed by atoms with Gasteiger partial charge in [0.15, 0.2) is 0 Å². The van der Waals surface area contributed by atoms with Crippen molar-refractivity contribution in [2.24, 2.45) is 0 Å². The van der Waals surface area contributed by atoms with Crippen LogP contribution in [0.5, 0.6) is 0 Å². The summed E-state index contributed by atoms with van der Waals surface area (Å²) >= 11 is 0. The number of benzene rings is 8. The molecule has 0 aromatic heterocycles. The van der Waals surface area contributed by atoms with Crippen molar-refractivity contribution in [3.8, 4) is 285 Å². The fourth-order valence-electron chi connectivity index (χ4n) is 19.6. The molecule has 0 bridgehead atoms. The summed E-state index contributed by atoms with van der Waals surface area (Å²) in [5.41, 5.74) is 27.3. The molecule has 0 aliphatic rings. The summed E-state index contributed by atoms with van der Waals surface area (Å²) in [5, 5.41) is 9.09. The molecule has 0 aliphatic carbocycles. The van der Waals surface area contributed by atoms with Crippen LogP contribution in [-0.4, -0.2) is 231 Å². The largest absolute Gasteiger partial charge is 0.139 e. The zero-order chi connectivity index (χ0) is 93.7. The summed E-state index contributed by atoms with van der Waals surface area (Å²) in [6.45, 7) is 28.3. The Hall–Kier alpha value is -12.5. The van der Waals surface area contributed by atoms with E-state index in [9.17, 15) is 0 Å². The van der Waals surface area contributed by atoms with Crippen LogP contribution in [0.1, 0.15) is 122 Å². The maximum absolute atomic E-state index is 6.85. The molecule has 0 heterocycles. The summed E-state index contributed by atoms with van der Waals surface area (Å²) in [6, 6.07) is 0. The monoisotopic (exact) mass is 1570 g/mol. The molecule has 0 fully saturated rings. The van der Waals surface area contributed by atoms with Crippen molar-refractivity contribution in [1.29, 1.82) is 0 Å². The third-order valence-corrected chi connectivity index (χ3v) is 25.8. The summed E-state index contributed by atoms with van der Waals surface area (Å²) in [4.78, 5) is 0. The Kier molecular flexibility index (Phi) is 35.8. The average molecular weight is 1570 g/mol. The molecule has 0 atom stereocenters. The van der Waals surface area contributed by atoms with E-state index in [0.29, 0.717) is 103 Å². The van der Waals surface area contributed by atoms with Crippen molar-refractivity contribution in [3.63, 3.8) is 0 Å². The average Bonchev–Trinajstić information content (AvgIpc) is 0.669. The highest BCUT2D eigenvalue weighted by Gasteiger charge is 2.44. The Balaban J connectivity index is 2.15. The number of hydrogen-bond donors (Lipinski definition) is 0. The second kappa shape index (κ2) is 45.6. The number of aryl methyl sites for hydroxylation is 5. The molecule has 0 aliphatic heterocycles. The lowest BCUT2D eigenvalue weighted by Gasteiger charge is -2.42. The van der Waals surface area contributed by atoms with Crippen molar-refractivity contribution >= 4 is 324 Å². The predicted molar refractivity (Wildman–Crippen MR) is 634 cm³/mol. The van der Waals surface area contributed by atoms with Gasteiger partial charge in [0.05, 0.1) is 198 Å². The van der Waals surface area contributed by atoms with Gasteiger partial charge in [-0.3, -0.25) is 0 Å². The molecule has 558 valence electrons. The number of fused-ring (bicyclic) bond motifs is 6. The molecule has 0 unspecified atom stereocenters. The highest BCUT2D eigenvalue weighted by Crippen LogP contribution is 2.55. The van der Waals surface area contributed by atoms with Crippen LogP contribution in [0.2, 0.25) is 0 Å². The summed E-state index contributed by atoms with van der Waals surface area (Å²) in [7, 11) is 47.5. The molecule has 8 rings (SSSR count). The SMILES string of the molecule is BBB(B)B(B(B)B)c1c(B(B(B)B)B(B)B)c(B(BB)B(B)B)c(B(B)B(B)B)c2c(-c3c4c(C)c(C)c(C)c(C)c4c(-c4c(C#CC#CC#CC)c(C#CC#CC#CC#C)c5c(C#CC#CC#CC#CC)c(C#CC#CC#CC#CC#C)c6c(C)c(C#C)c(C#CC)c(C#CC#C)c6c5c4C#CC#CC)c4c(C)c(C)c(C)c(C)c34)c(B(B)B)c(BB)c(B)c12. The lowest BCUT2D eigenvalue weighted by atomic mass is 8.66. The lowest BCUT2D eigenvalue weighted by Crippen LogP contribution is -2.80. The third-order valence-electron chi connectivity index (χ3n) is 25.8. The molecule has 0 N–H and O–H groups in total. The minimum Gasteiger partial charge on any atom is -0.115 e. The van der Waals surface area contributed by atoms with Crippen LogP contribution in [0.3, 0.4) is 0 Å². The van der Waals surface area contributed by atoms with Crippen molar-refractivity contribution in [2.45, 2.75) is 90.0 Å². The Morgan fingerprint density at radius 1 is 0.260 bits per heavy atom. The summed E-state index contributed by atoms with van der Waals surface area (Å²) in [5.74, 6) is 122. The predicted octanol–water partition coefficient (Wildman–Crippen LogP) is -13.4. The molecule has 0 spiro atoms. The highest BCUT2D eigenvalue weighted by atomic mass is 14.4. The van der Waals surface area contributed by atoms with Gasteiger partial charge in [-0.25, -0.2) is 0 Å². The van der Waals surface area contributed by atoms with Gasteiger partial charge < -0.3 is 0 Å². The normalized spacial score (nSPS) is 9.02. The standard InChI is InChI=1S/C95H82B32/c1-18-26-32-36-39-41-45-48-53-70-71(54-50-44-40-37-33-27-19-2)80-72(55-49-43-38-34-28-20-3)73(56-47-42-35-29-21-4)81(74(57-46-30-22-5)83(80)82-69(52-31-23-6)68(51-24-7)67(25-8)66(17)75(70)82)84-76-62(13)58(9)60(11)64(15)78(76)85(79-65(16)61(12)59(10)63(14)77(79)84)86-87-88(89(96)90(114-97)91(86)117(100)101)93(121(126(111)112)127(113)116-99)95(120(124(107)108)125(109)110)94(119(115-98)123(105)106)92(87)118(102)122(103)104/h1,3,6,8,114-116H,96-113H2,2,4-5,7,9-17H3. The first-order valence-electron chi connectivity index (χ1n) is 44.2. The second-order valence-corrected chi connectivity index (χ2v) is 34.6. The molecular formula is C95H82B32. The van der Waals surface area contributed by atoms with Gasteiger partial charge in [-0.1, -0.05) is 87.0 Å². The zero-order valence-electron chi connectivity index (χ0n) is 80.8. The smallest absolute Gasteiger partial charge is 0.115 e. The summed E-state index contributed by atoms with van der Waals surface area (Å²) in [6.07, 6.45) is 26.2. The molecular weight excluding hydrogens is 1490 g/mol. The van der Waals surface area contributed by atoms with E-state index in [4.69, 9.17) is 25.7 Å². The van der Waals surface area contributed by atoms with E-state index in [1.54, 1.807) is 44.1 Å². The zero-order valence-corrected chi connectivity index (χ0v) is 80.8. The van der Waals surface area contributed by atoms with E-state index < -0.39 is 0 Å². The second-order valence-electron chi connectivity index (χ2n) is 34.6. The molecule has 0 saturated heterocycles. The van der Waals surface area contributed by atoms with Gasteiger partial charge in [0.25, 0.3) is 0 Å². The number of hydrogen-bond acceptors (Lipinski definition) is 0. The van der Waals surface area contributed by atoms with Crippen LogP contribution in [0.25, 0.3) is 76.1 Å². The van der Waals surface area contributed by atoms with Crippen molar-refractivity contribution in [2.75, 3.05) is 0 Å². The van der Waals surface area contributed by atoms with Crippen LogP contribution in [0.4, 0.5) is 0 Å². The van der Waals surface area contributed by atoms with E-state index in [1.807, 2.05) is 6.92 Å². The van der Waals surface area contributed by atoms with Crippen LogP contribution in [-0.2, 0) is 0 Å². The minimum atomic E-state index is 0.0278. The molecule has 32 heteroatoms. The third kappa shape index (κ3) is 20.0. The maximum Gasteiger partial charge on any atom is 0.139 e. The van der Waals surface area contributed by atoms with E-state index in [1.165, 1.54) is 54.9 Å². The van der Waals surface area contributed by atoms with Crippen molar-refractivity contribution in [1.82, 2.24) is 0 Å². The molecule has 0 nitrogen and oxygen atoms in total. The van der Waals surface area contributed by atoms with E-state index in [2.05, 4.69) is 432 Å². The van der Waals surface area contributed by atoms with Crippen LogP contribution >= 0.6 is 0 Å². The van der Waals surface area contributed by atoms with E-state index >= 15 is 0 Å². The Morgan fingerprint density at radius 2 is 0.630 bits per heavy atom. The Bertz CT molecular complexity index is 7510. The van der Waals surface area contributed by atoms with Crippen molar-refractivity contribution < 1.29 is 0 Å². The van der Waals surface area contributed by atoms with Gasteiger partial charge in [0, 0.05) is 89.2 Å². The molecule has 8 aromatic rings. The minimum absolute atomic E-state index is 0.0278.